The van der Waals surface area contributed by atoms with Gasteiger partial charge in [0.2, 0.25) is 0 Å². The summed E-state index contributed by atoms with van der Waals surface area (Å²) in [6.45, 7) is 5.72. The van der Waals surface area contributed by atoms with Crippen molar-refractivity contribution in [3.63, 3.8) is 0 Å². The molecule has 1 aliphatic rings. The molecule has 2 N–H and O–H groups in total. The van der Waals surface area contributed by atoms with Crippen molar-refractivity contribution in [2.24, 2.45) is 0 Å². The minimum atomic E-state index is -0.659. The Morgan fingerprint density at radius 2 is 2.04 bits per heavy atom. The summed E-state index contributed by atoms with van der Waals surface area (Å²) in [5.41, 5.74) is 1.71. The van der Waals surface area contributed by atoms with E-state index >= 15 is 0 Å². The SMILES string of the molecule is CC(C)(C)OC(=O)N(Cc1ccccc1)/C(=C/C(=N)Cl)c1ncc(C2CC2)[nH]1. The second-order valence-electron chi connectivity index (χ2n) is 7.89. The number of ether oxygens (including phenoxy) is 1. The largest absolute Gasteiger partial charge is 0.443 e. The van der Waals surface area contributed by atoms with Gasteiger partial charge in [-0.2, -0.15) is 0 Å². The lowest BCUT2D eigenvalue weighted by atomic mass is 10.2. The van der Waals surface area contributed by atoms with Crippen molar-refractivity contribution < 1.29 is 9.53 Å². The number of carbonyl (C=O) groups excluding carboxylic acids is 1. The fourth-order valence-corrected chi connectivity index (χ4v) is 2.90. The number of H-pyrrole nitrogens is 1. The van der Waals surface area contributed by atoms with Gasteiger partial charge in [-0.05, 0) is 39.2 Å². The molecule has 6 nitrogen and oxygen atoms in total. The highest BCUT2D eigenvalue weighted by molar-refractivity contribution is 6.68. The van der Waals surface area contributed by atoms with Crippen LogP contribution in [0.3, 0.4) is 0 Å². The molecule has 0 aliphatic heterocycles. The van der Waals surface area contributed by atoms with E-state index in [-0.39, 0.29) is 11.7 Å². The van der Waals surface area contributed by atoms with Crippen LogP contribution in [-0.2, 0) is 11.3 Å². The fraction of sp³-hybridized carbons (Fsp3) is 0.381. The quantitative estimate of drug-likeness (QED) is 0.647. The van der Waals surface area contributed by atoms with Gasteiger partial charge in [0.15, 0.2) is 5.82 Å². The van der Waals surface area contributed by atoms with Crippen molar-refractivity contribution in [3.05, 3.63) is 59.7 Å². The van der Waals surface area contributed by atoms with Crippen LogP contribution in [0.25, 0.3) is 5.70 Å². The number of allylic oxidation sites excluding steroid dienone is 1. The molecule has 0 saturated heterocycles. The van der Waals surface area contributed by atoms with Gasteiger partial charge >= 0.3 is 6.09 Å². The van der Waals surface area contributed by atoms with Gasteiger partial charge in [-0.25, -0.2) is 9.78 Å². The van der Waals surface area contributed by atoms with Crippen LogP contribution < -0.4 is 0 Å². The Hall–Kier alpha value is -2.60. The average molecular weight is 401 g/mol. The number of benzene rings is 1. The molecule has 28 heavy (non-hydrogen) atoms. The highest BCUT2D eigenvalue weighted by Crippen LogP contribution is 2.39. The van der Waals surface area contributed by atoms with Crippen molar-refractivity contribution in [2.45, 2.75) is 51.7 Å². The molecule has 7 heteroatoms. The Morgan fingerprint density at radius 3 is 2.61 bits per heavy atom. The number of aromatic amines is 1. The van der Waals surface area contributed by atoms with E-state index in [0.717, 1.165) is 24.1 Å². The summed E-state index contributed by atoms with van der Waals surface area (Å²) < 4.78 is 5.61. The number of hydrogen-bond acceptors (Lipinski definition) is 4. The lowest BCUT2D eigenvalue weighted by Gasteiger charge is -2.28. The Kier molecular flexibility index (Phi) is 5.89. The van der Waals surface area contributed by atoms with Gasteiger partial charge in [0.05, 0.1) is 12.2 Å². The lowest BCUT2D eigenvalue weighted by Crippen LogP contribution is -2.36. The monoisotopic (exact) mass is 400 g/mol. The van der Waals surface area contributed by atoms with E-state index in [1.807, 2.05) is 51.1 Å². The molecule has 0 spiro atoms. The molecule has 1 amide bonds. The predicted molar refractivity (Wildman–Crippen MR) is 110 cm³/mol. The molecule has 1 aromatic heterocycles. The highest BCUT2D eigenvalue weighted by atomic mass is 35.5. The van der Waals surface area contributed by atoms with Gasteiger partial charge in [0.25, 0.3) is 0 Å². The summed E-state index contributed by atoms with van der Waals surface area (Å²) in [5, 5.41) is 7.55. The topological polar surface area (TPSA) is 82.1 Å². The average Bonchev–Trinajstić information content (AvgIpc) is 3.34. The maximum Gasteiger partial charge on any atom is 0.415 e. The first-order chi connectivity index (χ1) is 13.2. The number of imidazole rings is 1. The van der Waals surface area contributed by atoms with Gasteiger partial charge < -0.3 is 9.72 Å². The molecule has 0 bridgehead atoms. The zero-order valence-electron chi connectivity index (χ0n) is 16.3. The smallest absolute Gasteiger partial charge is 0.415 e. The van der Waals surface area contributed by atoms with E-state index in [0.29, 0.717) is 17.4 Å². The summed E-state index contributed by atoms with van der Waals surface area (Å²) in [6.07, 6.45) is 4.95. The number of halogens is 1. The van der Waals surface area contributed by atoms with E-state index in [4.69, 9.17) is 21.7 Å². The third-order valence-electron chi connectivity index (χ3n) is 4.21. The van der Waals surface area contributed by atoms with E-state index in [9.17, 15) is 4.79 Å². The number of nitrogens with one attached hydrogen (secondary N) is 2. The van der Waals surface area contributed by atoms with Gasteiger partial charge in [0, 0.05) is 23.9 Å². The van der Waals surface area contributed by atoms with Crippen LogP contribution in [0.1, 0.15) is 56.6 Å². The fourth-order valence-electron chi connectivity index (χ4n) is 2.79. The van der Waals surface area contributed by atoms with E-state index in [1.54, 1.807) is 6.20 Å². The van der Waals surface area contributed by atoms with Crippen LogP contribution in [0.15, 0.2) is 42.6 Å². The summed E-state index contributed by atoms with van der Waals surface area (Å²) in [7, 11) is 0. The van der Waals surface area contributed by atoms with Gasteiger partial charge in [0.1, 0.15) is 10.8 Å². The molecular formula is C21H25ClN4O2. The zero-order valence-corrected chi connectivity index (χ0v) is 17.1. The Balaban J connectivity index is 1.99. The molecule has 0 atom stereocenters. The van der Waals surface area contributed by atoms with E-state index in [1.165, 1.54) is 11.0 Å². The summed E-state index contributed by atoms with van der Waals surface area (Å²) >= 11 is 5.88. The second-order valence-corrected chi connectivity index (χ2v) is 8.30. The Bertz CT molecular complexity index is 879. The molecule has 3 rings (SSSR count). The van der Waals surface area contributed by atoms with Crippen LogP contribution in [0, 0.1) is 5.41 Å². The normalized spacial score (nSPS) is 14.6. The number of amides is 1. The number of carbonyl (C=O) groups is 1. The van der Waals surface area contributed by atoms with Crippen molar-refractivity contribution in [1.29, 1.82) is 5.41 Å². The first kappa shape index (κ1) is 20.1. The molecule has 0 radical (unpaired) electrons. The molecule has 1 heterocycles. The maximum absolute atomic E-state index is 13.0. The molecule has 1 aromatic carbocycles. The van der Waals surface area contributed by atoms with Crippen LogP contribution in [0.4, 0.5) is 4.79 Å². The number of aromatic nitrogens is 2. The molecule has 1 saturated carbocycles. The third-order valence-corrected chi connectivity index (χ3v) is 4.32. The van der Waals surface area contributed by atoms with Crippen LogP contribution in [0.5, 0.6) is 0 Å². The highest BCUT2D eigenvalue weighted by Gasteiger charge is 2.30. The molecule has 0 unspecified atom stereocenters. The number of hydrogen-bond donors (Lipinski definition) is 2. The Labute approximate surface area is 170 Å². The first-order valence-corrected chi connectivity index (χ1v) is 9.66. The zero-order chi connectivity index (χ0) is 20.3. The summed E-state index contributed by atoms with van der Waals surface area (Å²) in [6, 6.07) is 9.60. The van der Waals surface area contributed by atoms with Crippen LogP contribution in [0.2, 0.25) is 0 Å². The molecule has 1 aliphatic carbocycles. The van der Waals surface area contributed by atoms with Crippen molar-refractivity contribution >= 4 is 28.6 Å². The lowest BCUT2D eigenvalue weighted by molar-refractivity contribution is 0.0341. The number of rotatable bonds is 6. The summed E-state index contributed by atoms with van der Waals surface area (Å²) in [4.78, 5) is 22.2. The first-order valence-electron chi connectivity index (χ1n) is 9.28. The van der Waals surface area contributed by atoms with Gasteiger partial charge in [-0.15, -0.1) is 0 Å². The molecule has 2 aromatic rings. The Morgan fingerprint density at radius 1 is 1.36 bits per heavy atom. The van der Waals surface area contributed by atoms with Crippen LogP contribution >= 0.6 is 11.6 Å². The maximum atomic E-state index is 13.0. The molecule has 1 fully saturated rings. The minimum absolute atomic E-state index is 0.194. The molecule has 148 valence electrons. The van der Waals surface area contributed by atoms with Crippen molar-refractivity contribution in [1.82, 2.24) is 14.9 Å². The van der Waals surface area contributed by atoms with E-state index in [2.05, 4.69) is 9.97 Å². The summed E-state index contributed by atoms with van der Waals surface area (Å²) in [5.74, 6) is 0.983. The molecular weight excluding hydrogens is 376 g/mol. The van der Waals surface area contributed by atoms with Crippen molar-refractivity contribution in [3.8, 4) is 0 Å². The van der Waals surface area contributed by atoms with E-state index < -0.39 is 11.7 Å². The third kappa shape index (κ3) is 5.45. The van der Waals surface area contributed by atoms with Crippen molar-refractivity contribution in [2.75, 3.05) is 0 Å². The standard InChI is InChI=1S/C21H25ClN4O2/c1-21(2,3)28-20(27)26(13-14-7-5-4-6-8-14)17(11-18(22)23)19-24-12-16(25-19)15-9-10-15/h4-8,11-12,15,23H,9-10,13H2,1-3H3,(H,24,25)/b17-11+,23-18?. The van der Waals surface area contributed by atoms with Crippen LogP contribution in [-0.4, -0.2) is 31.7 Å². The number of nitrogens with zero attached hydrogens (tertiary/aromatic N) is 2. The van der Waals surface area contributed by atoms with Gasteiger partial charge in [-0.1, -0.05) is 41.9 Å². The minimum Gasteiger partial charge on any atom is -0.443 e. The van der Waals surface area contributed by atoms with Gasteiger partial charge in [-0.3, -0.25) is 10.3 Å². The second kappa shape index (κ2) is 8.19. The predicted octanol–water partition coefficient (Wildman–Crippen LogP) is 5.28.